The van der Waals surface area contributed by atoms with Crippen LogP contribution in [0.25, 0.3) is 0 Å². The lowest BCUT2D eigenvalue weighted by Gasteiger charge is -2.61. The smallest absolute Gasteiger partial charge is 0.266 e. The maximum atomic E-state index is 12.2. The summed E-state index contributed by atoms with van der Waals surface area (Å²) in [6.07, 6.45) is 15.4. The Kier molecular flexibility index (Phi) is 7.05. The normalized spacial score (nSPS) is 42.4. The Morgan fingerprint density at radius 1 is 1.00 bits per heavy atom. The second-order valence-electron chi connectivity index (χ2n) is 12.3. The van der Waals surface area contributed by atoms with Crippen molar-refractivity contribution in [3.63, 3.8) is 0 Å². The van der Waals surface area contributed by atoms with Gasteiger partial charge in [-0.2, -0.15) is 8.42 Å². The third-order valence-corrected chi connectivity index (χ3v) is 11.6. The number of amides is 1. The highest BCUT2D eigenvalue weighted by Crippen LogP contribution is 2.68. The second kappa shape index (κ2) is 9.20. The molecule has 0 heterocycles. The van der Waals surface area contributed by atoms with Crippen LogP contribution in [0, 0.1) is 46.3 Å². The van der Waals surface area contributed by atoms with Crippen LogP contribution in [0.15, 0.2) is 0 Å². The SMILES string of the molecule is CC(CCC(=O)NCCS(=O)(=O)O)[C@H]1CC[C@H]2[C@@H]3CCC4CCCC[C@]4(C)[C@H]3CC[C@]12C. The Labute approximate surface area is 195 Å². The molecule has 4 aliphatic rings. The molecular weight excluding hydrogens is 422 g/mol. The van der Waals surface area contributed by atoms with Crippen LogP contribution in [0.4, 0.5) is 0 Å². The van der Waals surface area contributed by atoms with Gasteiger partial charge < -0.3 is 5.32 Å². The Balaban J connectivity index is 1.35. The van der Waals surface area contributed by atoms with E-state index in [0.29, 0.717) is 29.1 Å². The maximum Gasteiger partial charge on any atom is 0.266 e. The van der Waals surface area contributed by atoms with Gasteiger partial charge in [0.25, 0.3) is 10.1 Å². The van der Waals surface area contributed by atoms with Crippen molar-refractivity contribution in [2.45, 2.75) is 97.8 Å². The molecule has 2 N–H and O–H groups in total. The van der Waals surface area contributed by atoms with Crippen molar-refractivity contribution in [1.29, 1.82) is 0 Å². The molecule has 8 atom stereocenters. The van der Waals surface area contributed by atoms with Crippen molar-refractivity contribution >= 4 is 16.0 Å². The Morgan fingerprint density at radius 3 is 2.50 bits per heavy atom. The minimum Gasteiger partial charge on any atom is -0.355 e. The van der Waals surface area contributed by atoms with Crippen LogP contribution in [-0.4, -0.2) is 31.2 Å². The summed E-state index contributed by atoms with van der Waals surface area (Å²) >= 11 is 0. The van der Waals surface area contributed by atoms with Gasteiger partial charge in [-0.05, 0) is 104 Å². The molecule has 184 valence electrons. The predicted octanol–water partition coefficient (Wildman–Crippen LogP) is 5.46. The van der Waals surface area contributed by atoms with Crippen LogP contribution in [0.2, 0.25) is 0 Å². The van der Waals surface area contributed by atoms with Gasteiger partial charge in [0.2, 0.25) is 5.91 Å². The predicted molar refractivity (Wildman–Crippen MR) is 128 cm³/mol. The highest BCUT2D eigenvalue weighted by molar-refractivity contribution is 7.85. The molecule has 5 nitrogen and oxygen atoms in total. The van der Waals surface area contributed by atoms with Crippen molar-refractivity contribution in [2.24, 2.45) is 46.3 Å². The topological polar surface area (TPSA) is 83.5 Å². The monoisotopic (exact) mass is 467 g/mol. The number of hydrogen-bond acceptors (Lipinski definition) is 3. The number of fused-ring (bicyclic) bond motifs is 5. The molecule has 0 aromatic heterocycles. The summed E-state index contributed by atoms with van der Waals surface area (Å²) in [6, 6.07) is 0. The lowest BCUT2D eigenvalue weighted by atomic mass is 9.44. The molecule has 0 aromatic carbocycles. The number of carbonyl (C=O) groups excluding carboxylic acids is 1. The lowest BCUT2D eigenvalue weighted by molar-refractivity contribution is -0.122. The molecule has 0 radical (unpaired) electrons. The fourth-order valence-corrected chi connectivity index (χ4v) is 9.60. The first kappa shape index (κ1) is 24.5. The van der Waals surface area contributed by atoms with Crippen LogP contribution in [0.5, 0.6) is 0 Å². The van der Waals surface area contributed by atoms with E-state index in [0.717, 1.165) is 30.1 Å². The molecule has 4 fully saturated rings. The first-order valence-corrected chi connectivity index (χ1v) is 14.9. The summed E-state index contributed by atoms with van der Waals surface area (Å²) < 4.78 is 30.5. The standard InChI is InChI=1S/C26H45NO4S/c1-18(7-12-24(28)27-16-17-32(29,30)31)21-10-11-22-20-9-8-19-6-4-5-14-25(19,2)23(20)13-15-26(21,22)3/h18-23H,4-17H2,1-3H3,(H,27,28)(H,29,30,31)/t18?,19?,20-,21+,22-,23-,25-,26+/m0/s1. The minimum absolute atomic E-state index is 0.0158. The lowest BCUT2D eigenvalue weighted by Crippen LogP contribution is -2.53. The Hall–Kier alpha value is -0.620. The molecule has 4 aliphatic carbocycles. The number of carbonyl (C=O) groups is 1. The molecular formula is C26H45NO4S. The number of rotatable bonds is 7. The van der Waals surface area contributed by atoms with Crippen molar-refractivity contribution in [3.8, 4) is 0 Å². The molecule has 0 aromatic rings. The number of hydrogen-bond donors (Lipinski definition) is 2. The van der Waals surface area contributed by atoms with Crippen molar-refractivity contribution in [2.75, 3.05) is 12.3 Å². The quantitative estimate of drug-likeness (QED) is 0.487. The average Bonchev–Trinajstić information content (AvgIpc) is 3.08. The highest BCUT2D eigenvalue weighted by Gasteiger charge is 2.60. The maximum absolute atomic E-state index is 12.2. The van der Waals surface area contributed by atoms with Crippen molar-refractivity contribution in [3.05, 3.63) is 0 Å². The van der Waals surface area contributed by atoms with E-state index in [2.05, 4.69) is 26.1 Å². The van der Waals surface area contributed by atoms with Crippen LogP contribution in [0.1, 0.15) is 97.8 Å². The van der Waals surface area contributed by atoms with Crippen LogP contribution in [0.3, 0.4) is 0 Å². The third kappa shape index (κ3) is 4.64. The molecule has 6 heteroatoms. The van der Waals surface area contributed by atoms with Gasteiger partial charge in [-0.1, -0.05) is 33.6 Å². The zero-order valence-corrected chi connectivity index (χ0v) is 21.3. The van der Waals surface area contributed by atoms with E-state index in [1.807, 2.05) is 0 Å². The molecule has 4 rings (SSSR count). The molecule has 32 heavy (non-hydrogen) atoms. The van der Waals surface area contributed by atoms with Gasteiger partial charge in [0, 0.05) is 13.0 Å². The first-order valence-electron chi connectivity index (χ1n) is 13.3. The van der Waals surface area contributed by atoms with Crippen molar-refractivity contribution in [1.82, 2.24) is 5.32 Å². The van der Waals surface area contributed by atoms with Gasteiger partial charge in [-0.25, -0.2) is 0 Å². The van der Waals surface area contributed by atoms with Gasteiger partial charge >= 0.3 is 0 Å². The summed E-state index contributed by atoms with van der Waals surface area (Å²) in [5, 5.41) is 2.64. The Morgan fingerprint density at radius 2 is 1.75 bits per heavy atom. The van der Waals surface area contributed by atoms with E-state index in [1.165, 1.54) is 64.2 Å². The van der Waals surface area contributed by atoms with Gasteiger partial charge in [0.05, 0.1) is 5.75 Å². The average molecular weight is 468 g/mol. The molecule has 0 spiro atoms. The summed E-state index contributed by atoms with van der Waals surface area (Å²) in [6.45, 7) is 7.53. The van der Waals surface area contributed by atoms with E-state index in [-0.39, 0.29) is 12.5 Å². The van der Waals surface area contributed by atoms with Gasteiger partial charge in [0.15, 0.2) is 0 Å². The van der Waals surface area contributed by atoms with Crippen LogP contribution < -0.4 is 5.32 Å². The van der Waals surface area contributed by atoms with Gasteiger partial charge in [-0.15, -0.1) is 0 Å². The van der Waals surface area contributed by atoms with Gasteiger partial charge in [-0.3, -0.25) is 9.35 Å². The molecule has 2 unspecified atom stereocenters. The molecule has 0 aliphatic heterocycles. The second-order valence-corrected chi connectivity index (χ2v) is 13.9. The molecule has 0 bridgehead atoms. The molecule has 0 saturated heterocycles. The zero-order valence-electron chi connectivity index (χ0n) is 20.4. The fourth-order valence-electron chi connectivity index (χ4n) is 9.24. The van der Waals surface area contributed by atoms with E-state index in [1.54, 1.807) is 0 Å². The number of nitrogens with one attached hydrogen (secondary N) is 1. The molecule has 4 saturated carbocycles. The van der Waals surface area contributed by atoms with Gasteiger partial charge in [0.1, 0.15) is 0 Å². The summed E-state index contributed by atoms with van der Waals surface area (Å²) in [4.78, 5) is 12.2. The van der Waals surface area contributed by atoms with E-state index in [4.69, 9.17) is 4.55 Å². The van der Waals surface area contributed by atoms with Crippen molar-refractivity contribution < 1.29 is 17.8 Å². The van der Waals surface area contributed by atoms with Crippen LogP contribution in [-0.2, 0) is 14.9 Å². The highest BCUT2D eigenvalue weighted by atomic mass is 32.2. The summed E-state index contributed by atoms with van der Waals surface area (Å²) in [5.74, 6) is 4.35. The first-order chi connectivity index (χ1) is 15.0. The van der Waals surface area contributed by atoms with Crippen LogP contribution >= 0.6 is 0 Å². The minimum atomic E-state index is -4.02. The van der Waals surface area contributed by atoms with E-state index in [9.17, 15) is 13.2 Å². The molecule has 1 amide bonds. The fraction of sp³-hybridized carbons (Fsp3) is 0.962. The van der Waals surface area contributed by atoms with E-state index < -0.39 is 15.9 Å². The summed E-state index contributed by atoms with van der Waals surface area (Å²) in [7, 11) is -4.02. The summed E-state index contributed by atoms with van der Waals surface area (Å²) in [5.41, 5.74) is 1.01. The zero-order chi connectivity index (χ0) is 23.1. The Bertz CT molecular complexity index is 798. The van der Waals surface area contributed by atoms with E-state index >= 15 is 0 Å². The third-order valence-electron chi connectivity index (χ3n) is 10.9. The largest absolute Gasteiger partial charge is 0.355 e.